The van der Waals surface area contributed by atoms with Gasteiger partial charge in [0.05, 0.1) is 11.3 Å². The molecule has 1 heterocycles. The number of hydrogen-bond donors (Lipinski definition) is 1. The summed E-state index contributed by atoms with van der Waals surface area (Å²) >= 11 is 7.54. The highest BCUT2D eigenvalue weighted by Gasteiger charge is 2.07. The second-order valence-corrected chi connectivity index (χ2v) is 6.63. The van der Waals surface area contributed by atoms with E-state index in [4.69, 9.17) is 11.6 Å². The van der Waals surface area contributed by atoms with Crippen LogP contribution in [0.2, 0.25) is 5.02 Å². The Labute approximate surface area is 144 Å². The molecule has 0 aliphatic carbocycles. The zero-order valence-electron chi connectivity index (χ0n) is 12.5. The van der Waals surface area contributed by atoms with Crippen LogP contribution in [0.1, 0.15) is 5.56 Å². The molecule has 1 amide bonds. The molecule has 0 spiro atoms. The van der Waals surface area contributed by atoms with Gasteiger partial charge in [-0.2, -0.15) is 0 Å². The van der Waals surface area contributed by atoms with E-state index in [-0.39, 0.29) is 5.91 Å². The molecule has 1 aromatic heterocycles. The van der Waals surface area contributed by atoms with Gasteiger partial charge in [-0.05, 0) is 48.9 Å². The van der Waals surface area contributed by atoms with E-state index in [1.807, 2.05) is 55.5 Å². The van der Waals surface area contributed by atoms with Crippen LogP contribution in [0.4, 0.5) is 5.69 Å². The maximum atomic E-state index is 12.1. The number of carbonyl (C=O) groups is 1. The number of carbonyl (C=O) groups excluding carboxylic acids is 1. The SMILES string of the molecule is Cc1cccc(NC(=O)CSc2ccnc3ccc(Cl)cc23)c1. The number of fused-ring (bicyclic) bond motifs is 1. The Bertz CT molecular complexity index is 867. The lowest BCUT2D eigenvalue weighted by Crippen LogP contribution is -2.14. The van der Waals surface area contributed by atoms with E-state index in [1.54, 1.807) is 6.20 Å². The van der Waals surface area contributed by atoms with E-state index in [2.05, 4.69) is 10.3 Å². The topological polar surface area (TPSA) is 42.0 Å². The van der Waals surface area contributed by atoms with Crippen LogP contribution in [0.25, 0.3) is 10.9 Å². The van der Waals surface area contributed by atoms with Gasteiger partial charge < -0.3 is 5.32 Å². The Kier molecular flexibility index (Phi) is 4.84. The zero-order valence-corrected chi connectivity index (χ0v) is 14.1. The molecule has 0 aliphatic heterocycles. The Morgan fingerprint density at radius 2 is 2.09 bits per heavy atom. The molecule has 3 rings (SSSR count). The maximum absolute atomic E-state index is 12.1. The van der Waals surface area contributed by atoms with E-state index < -0.39 is 0 Å². The summed E-state index contributed by atoms with van der Waals surface area (Å²) in [5.74, 6) is 0.298. The monoisotopic (exact) mass is 342 g/mol. The molecule has 0 atom stereocenters. The number of pyridine rings is 1. The molecular formula is C18H15ClN2OS. The largest absolute Gasteiger partial charge is 0.325 e. The molecule has 0 fully saturated rings. The molecule has 0 bridgehead atoms. The van der Waals surface area contributed by atoms with Crippen LogP contribution < -0.4 is 5.32 Å². The molecule has 0 saturated heterocycles. The molecule has 1 N–H and O–H groups in total. The van der Waals surface area contributed by atoms with Gasteiger partial charge in [0, 0.05) is 27.2 Å². The number of aromatic nitrogens is 1. The highest BCUT2D eigenvalue weighted by atomic mass is 35.5. The summed E-state index contributed by atoms with van der Waals surface area (Å²) in [7, 11) is 0. The average molecular weight is 343 g/mol. The summed E-state index contributed by atoms with van der Waals surface area (Å²) in [5.41, 5.74) is 2.81. The number of anilines is 1. The van der Waals surface area contributed by atoms with Crippen molar-refractivity contribution in [1.82, 2.24) is 4.98 Å². The first-order valence-electron chi connectivity index (χ1n) is 7.15. The van der Waals surface area contributed by atoms with Gasteiger partial charge in [0.25, 0.3) is 0 Å². The number of rotatable bonds is 4. The second-order valence-electron chi connectivity index (χ2n) is 5.18. The lowest BCUT2D eigenvalue weighted by atomic mass is 10.2. The van der Waals surface area contributed by atoms with E-state index in [0.717, 1.165) is 27.0 Å². The molecule has 2 aromatic carbocycles. The summed E-state index contributed by atoms with van der Waals surface area (Å²) in [5, 5.41) is 4.54. The van der Waals surface area contributed by atoms with Gasteiger partial charge in [-0.1, -0.05) is 23.7 Å². The maximum Gasteiger partial charge on any atom is 0.234 e. The summed E-state index contributed by atoms with van der Waals surface area (Å²) in [4.78, 5) is 17.4. The highest BCUT2D eigenvalue weighted by molar-refractivity contribution is 8.00. The molecular weight excluding hydrogens is 328 g/mol. The summed E-state index contributed by atoms with van der Waals surface area (Å²) in [6.45, 7) is 2.00. The first-order chi connectivity index (χ1) is 11.1. The number of aryl methyl sites for hydroxylation is 1. The highest BCUT2D eigenvalue weighted by Crippen LogP contribution is 2.28. The average Bonchev–Trinajstić information content (AvgIpc) is 2.53. The normalized spacial score (nSPS) is 10.7. The molecule has 0 radical (unpaired) electrons. The van der Waals surface area contributed by atoms with E-state index in [1.165, 1.54) is 11.8 Å². The third-order valence-electron chi connectivity index (χ3n) is 3.32. The van der Waals surface area contributed by atoms with Gasteiger partial charge >= 0.3 is 0 Å². The predicted octanol–water partition coefficient (Wildman–Crippen LogP) is 4.93. The smallest absolute Gasteiger partial charge is 0.234 e. The van der Waals surface area contributed by atoms with Crippen LogP contribution in [0.3, 0.4) is 0 Å². The minimum atomic E-state index is -0.0346. The quantitative estimate of drug-likeness (QED) is 0.684. The van der Waals surface area contributed by atoms with Gasteiger partial charge in [0.1, 0.15) is 0 Å². The number of amides is 1. The van der Waals surface area contributed by atoms with Gasteiger partial charge in [-0.25, -0.2) is 0 Å². The number of benzene rings is 2. The number of halogens is 1. The Morgan fingerprint density at radius 1 is 1.22 bits per heavy atom. The Hall–Kier alpha value is -2.04. The van der Waals surface area contributed by atoms with Crippen LogP contribution in [0, 0.1) is 6.92 Å². The van der Waals surface area contributed by atoms with E-state index in [9.17, 15) is 4.79 Å². The third kappa shape index (κ3) is 4.03. The van der Waals surface area contributed by atoms with Gasteiger partial charge in [-0.15, -0.1) is 11.8 Å². The summed E-state index contributed by atoms with van der Waals surface area (Å²) in [6, 6.07) is 15.2. The number of thioether (sulfide) groups is 1. The predicted molar refractivity (Wildman–Crippen MR) is 97.3 cm³/mol. The molecule has 0 unspecified atom stereocenters. The summed E-state index contributed by atoms with van der Waals surface area (Å²) < 4.78 is 0. The van der Waals surface area contributed by atoms with Crippen molar-refractivity contribution in [2.75, 3.05) is 11.1 Å². The molecule has 3 nitrogen and oxygen atoms in total. The molecule has 0 aliphatic rings. The zero-order chi connectivity index (χ0) is 16.2. The number of nitrogens with one attached hydrogen (secondary N) is 1. The lowest BCUT2D eigenvalue weighted by Gasteiger charge is -2.08. The molecule has 0 saturated carbocycles. The fraction of sp³-hybridized carbons (Fsp3) is 0.111. The third-order valence-corrected chi connectivity index (χ3v) is 4.63. The molecule has 5 heteroatoms. The van der Waals surface area contributed by atoms with Gasteiger partial charge in [-0.3, -0.25) is 9.78 Å². The fourth-order valence-corrected chi connectivity index (χ4v) is 3.29. The van der Waals surface area contributed by atoms with Crippen LogP contribution in [-0.2, 0) is 4.79 Å². The molecule has 116 valence electrons. The van der Waals surface area contributed by atoms with Crippen molar-refractivity contribution in [3.05, 3.63) is 65.3 Å². The first kappa shape index (κ1) is 15.8. The van der Waals surface area contributed by atoms with Crippen molar-refractivity contribution in [2.45, 2.75) is 11.8 Å². The minimum absolute atomic E-state index is 0.0346. The number of nitrogens with zero attached hydrogens (tertiary/aromatic N) is 1. The Balaban J connectivity index is 1.71. The van der Waals surface area contributed by atoms with E-state index >= 15 is 0 Å². The van der Waals surface area contributed by atoms with E-state index in [0.29, 0.717) is 10.8 Å². The minimum Gasteiger partial charge on any atom is -0.325 e. The van der Waals surface area contributed by atoms with Gasteiger partial charge in [0.15, 0.2) is 0 Å². The van der Waals surface area contributed by atoms with Crippen molar-refractivity contribution in [3.8, 4) is 0 Å². The van der Waals surface area contributed by atoms with Crippen LogP contribution >= 0.6 is 23.4 Å². The van der Waals surface area contributed by atoms with Gasteiger partial charge in [0.2, 0.25) is 5.91 Å². The van der Waals surface area contributed by atoms with Crippen molar-refractivity contribution >= 4 is 45.9 Å². The Morgan fingerprint density at radius 3 is 2.91 bits per heavy atom. The lowest BCUT2D eigenvalue weighted by molar-refractivity contribution is -0.113. The van der Waals surface area contributed by atoms with Crippen molar-refractivity contribution in [2.24, 2.45) is 0 Å². The molecule has 3 aromatic rings. The standard InChI is InChI=1S/C18H15ClN2OS/c1-12-3-2-4-14(9-12)21-18(22)11-23-17-7-8-20-16-6-5-13(19)10-15(16)17/h2-10H,11H2,1H3,(H,21,22). The van der Waals surface area contributed by atoms with Crippen molar-refractivity contribution in [3.63, 3.8) is 0 Å². The van der Waals surface area contributed by atoms with Crippen LogP contribution in [0.15, 0.2) is 59.6 Å². The van der Waals surface area contributed by atoms with Crippen LogP contribution in [0.5, 0.6) is 0 Å². The molecule has 23 heavy (non-hydrogen) atoms. The number of hydrogen-bond acceptors (Lipinski definition) is 3. The fourth-order valence-electron chi connectivity index (χ4n) is 2.28. The van der Waals surface area contributed by atoms with Crippen LogP contribution in [-0.4, -0.2) is 16.6 Å². The summed E-state index contributed by atoms with van der Waals surface area (Å²) in [6.07, 6.45) is 1.75. The first-order valence-corrected chi connectivity index (χ1v) is 8.52. The second kappa shape index (κ2) is 7.02. The van der Waals surface area contributed by atoms with Crippen molar-refractivity contribution in [1.29, 1.82) is 0 Å². The van der Waals surface area contributed by atoms with Crippen molar-refractivity contribution < 1.29 is 4.79 Å².